The molecule has 1 aliphatic heterocycles. The molecule has 0 spiro atoms. The van der Waals surface area contributed by atoms with Crippen LogP contribution in [0.5, 0.6) is 0 Å². The molecule has 0 radical (unpaired) electrons. The van der Waals surface area contributed by atoms with Crippen molar-refractivity contribution in [3.05, 3.63) is 71.3 Å². The molecule has 0 fully saturated rings. The van der Waals surface area contributed by atoms with E-state index in [0.717, 1.165) is 10.5 Å². The maximum atomic E-state index is 13.3. The van der Waals surface area contributed by atoms with Crippen molar-refractivity contribution in [1.29, 1.82) is 0 Å². The van der Waals surface area contributed by atoms with E-state index in [1.54, 1.807) is 52.2 Å². The number of hydrogen-bond donors (Lipinski definition) is 1. The maximum absolute atomic E-state index is 13.3. The lowest BCUT2D eigenvalue weighted by Crippen LogP contribution is -2.57. The van der Waals surface area contributed by atoms with Crippen LogP contribution in [0.1, 0.15) is 40.1 Å². The first-order valence-corrected chi connectivity index (χ1v) is 10.2. The molecule has 0 saturated carbocycles. The fourth-order valence-corrected chi connectivity index (χ4v) is 3.80. The van der Waals surface area contributed by atoms with Crippen molar-refractivity contribution >= 4 is 23.6 Å². The van der Waals surface area contributed by atoms with Gasteiger partial charge in [0.25, 0.3) is 11.8 Å². The van der Waals surface area contributed by atoms with E-state index in [2.05, 4.69) is 5.32 Å². The minimum atomic E-state index is -1.03. The lowest BCUT2D eigenvalue weighted by molar-refractivity contribution is -0.136. The van der Waals surface area contributed by atoms with Crippen molar-refractivity contribution in [2.45, 2.75) is 32.4 Å². The Balaban J connectivity index is 1.87. The fraction of sp³-hybridized carbons (Fsp3) is 0.333. The van der Waals surface area contributed by atoms with Crippen molar-refractivity contribution in [2.75, 3.05) is 14.1 Å². The Hall–Kier alpha value is -3.48. The second kappa shape index (κ2) is 9.12. The van der Waals surface area contributed by atoms with Crippen molar-refractivity contribution in [3.63, 3.8) is 0 Å². The maximum Gasteiger partial charge on any atom is 0.262 e. The Morgan fingerprint density at radius 2 is 1.42 bits per heavy atom. The van der Waals surface area contributed by atoms with Crippen LogP contribution < -0.4 is 5.32 Å². The number of carbonyl (C=O) groups is 4. The smallest absolute Gasteiger partial charge is 0.262 e. The quantitative estimate of drug-likeness (QED) is 0.694. The monoisotopic (exact) mass is 421 g/mol. The summed E-state index contributed by atoms with van der Waals surface area (Å²) < 4.78 is 0. The van der Waals surface area contributed by atoms with E-state index < -0.39 is 29.8 Å². The lowest BCUT2D eigenvalue weighted by atomic mass is 9.99. The Bertz CT molecular complexity index is 966. The number of amides is 4. The molecule has 2 aromatic carbocycles. The molecular weight excluding hydrogens is 394 g/mol. The van der Waals surface area contributed by atoms with Gasteiger partial charge in [0.15, 0.2) is 0 Å². The average Bonchev–Trinajstić information content (AvgIpc) is 2.99. The molecule has 1 heterocycles. The highest BCUT2D eigenvalue weighted by Gasteiger charge is 2.44. The van der Waals surface area contributed by atoms with Gasteiger partial charge in [-0.25, -0.2) is 0 Å². The molecule has 0 saturated heterocycles. The number of fused-ring (bicyclic) bond motifs is 1. The number of nitrogens with one attached hydrogen (secondary N) is 1. The summed E-state index contributed by atoms with van der Waals surface area (Å²) in [6.07, 6.45) is 0.302. The molecule has 7 heteroatoms. The average molecular weight is 421 g/mol. The van der Waals surface area contributed by atoms with Gasteiger partial charge in [-0.15, -0.1) is 0 Å². The van der Waals surface area contributed by atoms with Crippen molar-refractivity contribution < 1.29 is 19.2 Å². The van der Waals surface area contributed by atoms with E-state index in [1.807, 2.05) is 30.3 Å². The van der Waals surface area contributed by atoms with Gasteiger partial charge in [-0.05, 0) is 23.6 Å². The standard InChI is InChI=1S/C24H27N3O4/c1-15(2)20(27-22(29)17-12-8-9-13-18(17)23(27)30)21(28)25-19(24(31)26(3)4)14-16-10-6-5-7-11-16/h5-13,15,19-20H,14H2,1-4H3,(H,25,28)/t19-,20+/m1/s1. The molecule has 162 valence electrons. The summed E-state index contributed by atoms with van der Waals surface area (Å²) in [5.41, 5.74) is 1.47. The SMILES string of the molecule is CC(C)[C@@H](C(=O)N[C@H](Cc1ccccc1)C(=O)N(C)C)N1C(=O)c2ccccc2C1=O. The summed E-state index contributed by atoms with van der Waals surface area (Å²) in [5, 5.41) is 2.80. The van der Waals surface area contributed by atoms with Crippen LogP contribution in [0.25, 0.3) is 0 Å². The topological polar surface area (TPSA) is 86.8 Å². The predicted molar refractivity (Wildman–Crippen MR) is 116 cm³/mol. The molecule has 4 amide bonds. The molecule has 0 unspecified atom stereocenters. The summed E-state index contributed by atoms with van der Waals surface area (Å²) in [6.45, 7) is 3.54. The van der Waals surface area contributed by atoms with Gasteiger partial charge in [0.2, 0.25) is 11.8 Å². The van der Waals surface area contributed by atoms with E-state index in [-0.39, 0.29) is 23.0 Å². The van der Waals surface area contributed by atoms with Gasteiger partial charge in [0.05, 0.1) is 11.1 Å². The first-order valence-electron chi connectivity index (χ1n) is 10.2. The van der Waals surface area contributed by atoms with E-state index in [4.69, 9.17) is 0 Å². The normalized spacial score (nSPS) is 14.9. The summed E-state index contributed by atoms with van der Waals surface area (Å²) in [5.74, 6) is -2.11. The van der Waals surface area contributed by atoms with Gasteiger partial charge in [0, 0.05) is 20.5 Å². The number of carbonyl (C=O) groups excluding carboxylic acids is 4. The van der Waals surface area contributed by atoms with Gasteiger partial charge >= 0.3 is 0 Å². The molecule has 0 aromatic heterocycles. The van der Waals surface area contributed by atoms with Crippen LogP contribution in [0.15, 0.2) is 54.6 Å². The molecule has 1 N–H and O–H groups in total. The third-order valence-electron chi connectivity index (χ3n) is 5.34. The highest BCUT2D eigenvalue weighted by atomic mass is 16.2. The number of rotatable bonds is 7. The van der Waals surface area contributed by atoms with E-state index >= 15 is 0 Å². The minimum Gasteiger partial charge on any atom is -0.347 e. The second-order valence-electron chi connectivity index (χ2n) is 8.20. The highest BCUT2D eigenvalue weighted by molar-refractivity contribution is 6.22. The second-order valence-corrected chi connectivity index (χ2v) is 8.20. The molecule has 0 aliphatic carbocycles. The summed E-state index contributed by atoms with van der Waals surface area (Å²) in [6, 6.07) is 14.1. The summed E-state index contributed by atoms with van der Waals surface area (Å²) >= 11 is 0. The Morgan fingerprint density at radius 1 is 0.903 bits per heavy atom. The number of likely N-dealkylation sites (N-methyl/N-ethyl adjacent to an activating group) is 1. The van der Waals surface area contributed by atoms with Crippen LogP contribution >= 0.6 is 0 Å². The fourth-order valence-electron chi connectivity index (χ4n) is 3.80. The van der Waals surface area contributed by atoms with Gasteiger partial charge in [-0.3, -0.25) is 24.1 Å². The molecule has 0 bridgehead atoms. The van der Waals surface area contributed by atoms with Crippen LogP contribution in [0.3, 0.4) is 0 Å². The molecular formula is C24H27N3O4. The Kier molecular flexibility index (Phi) is 6.53. The van der Waals surface area contributed by atoms with Gasteiger partial charge in [-0.2, -0.15) is 0 Å². The van der Waals surface area contributed by atoms with Crippen molar-refractivity contribution in [2.24, 2.45) is 5.92 Å². The zero-order chi connectivity index (χ0) is 22.7. The Labute approximate surface area is 182 Å². The zero-order valence-corrected chi connectivity index (χ0v) is 18.2. The van der Waals surface area contributed by atoms with Crippen LogP contribution in [-0.2, 0) is 16.0 Å². The number of benzene rings is 2. The van der Waals surface area contributed by atoms with Gasteiger partial charge in [-0.1, -0.05) is 56.3 Å². The number of imide groups is 1. The largest absolute Gasteiger partial charge is 0.347 e. The molecule has 31 heavy (non-hydrogen) atoms. The summed E-state index contributed by atoms with van der Waals surface area (Å²) in [7, 11) is 3.24. The third kappa shape index (κ3) is 4.50. The van der Waals surface area contributed by atoms with Crippen LogP contribution in [0, 0.1) is 5.92 Å². The van der Waals surface area contributed by atoms with Gasteiger partial charge < -0.3 is 10.2 Å². The molecule has 7 nitrogen and oxygen atoms in total. The zero-order valence-electron chi connectivity index (χ0n) is 18.2. The molecule has 3 rings (SSSR count). The van der Waals surface area contributed by atoms with Crippen molar-refractivity contribution in [1.82, 2.24) is 15.1 Å². The summed E-state index contributed by atoms with van der Waals surface area (Å²) in [4.78, 5) is 54.4. The van der Waals surface area contributed by atoms with E-state index in [1.165, 1.54) is 4.90 Å². The number of nitrogens with zero attached hydrogens (tertiary/aromatic N) is 2. The Morgan fingerprint density at radius 3 is 1.90 bits per heavy atom. The minimum absolute atomic E-state index is 0.262. The molecule has 2 atom stereocenters. The van der Waals surface area contributed by atoms with Crippen LogP contribution in [0.2, 0.25) is 0 Å². The highest BCUT2D eigenvalue weighted by Crippen LogP contribution is 2.27. The number of hydrogen-bond acceptors (Lipinski definition) is 4. The molecule has 1 aliphatic rings. The first kappa shape index (κ1) is 22.2. The molecule has 2 aromatic rings. The van der Waals surface area contributed by atoms with E-state index in [9.17, 15) is 19.2 Å². The van der Waals surface area contributed by atoms with Crippen LogP contribution in [0.4, 0.5) is 0 Å². The van der Waals surface area contributed by atoms with Crippen molar-refractivity contribution in [3.8, 4) is 0 Å². The first-order chi connectivity index (χ1) is 14.7. The van der Waals surface area contributed by atoms with Gasteiger partial charge in [0.1, 0.15) is 12.1 Å². The predicted octanol–water partition coefficient (Wildman–Crippen LogP) is 2.12. The van der Waals surface area contributed by atoms with Crippen LogP contribution in [-0.4, -0.2) is 59.6 Å². The third-order valence-corrected chi connectivity index (χ3v) is 5.34. The van der Waals surface area contributed by atoms with E-state index in [0.29, 0.717) is 6.42 Å². The lowest BCUT2D eigenvalue weighted by Gasteiger charge is -2.30.